The summed E-state index contributed by atoms with van der Waals surface area (Å²) >= 11 is 0. The number of imide groups is 1. The molecular weight excluding hydrogens is 417 g/mol. The molecule has 1 aromatic rings. The van der Waals surface area contributed by atoms with Gasteiger partial charge >= 0.3 is 5.97 Å². The Balaban J connectivity index is 1.29. The smallest absolute Gasteiger partial charge is 0.309 e. The van der Waals surface area contributed by atoms with Gasteiger partial charge in [-0.05, 0) is 58.2 Å². The molecule has 1 atom stereocenters. The van der Waals surface area contributed by atoms with Crippen molar-refractivity contribution in [2.24, 2.45) is 5.41 Å². The van der Waals surface area contributed by atoms with Crippen molar-refractivity contribution < 1.29 is 28.6 Å². The van der Waals surface area contributed by atoms with Crippen LogP contribution in [-0.4, -0.2) is 53.2 Å². The maximum Gasteiger partial charge on any atom is 0.309 e. The van der Waals surface area contributed by atoms with Gasteiger partial charge in [0.1, 0.15) is 17.5 Å². The first kappa shape index (κ1) is 22.5. The van der Waals surface area contributed by atoms with Crippen molar-refractivity contribution in [3.8, 4) is 0 Å². The van der Waals surface area contributed by atoms with Gasteiger partial charge in [-0.25, -0.2) is 4.39 Å². The topological polar surface area (TPSA) is 108 Å². The molecule has 1 aromatic carbocycles. The Morgan fingerprint density at radius 2 is 2.00 bits per heavy atom. The molecule has 0 aromatic heterocycles. The van der Waals surface area contributed by atoms with E-state index >= 15 is 0 Å². The van der Waals surface area contributed by atoms with Gasteiger partial charge < -0.3 is 20.1 Å². The number of hydrogen-bond donors (Lipinski definition) is 3. The van der Waals surface area contributed by atoms with Gasteiger partial charge in [0, 0.05) is 30.6 Å². The zero-order valence-electron chi connectivity index (χ0n) is 18.7. The molecule has 2 heterocycles. The number of amides is 2. The Bertz CT molecular complexity index is 943. The second-order valence-electron chi connectivity index (χ2n) is 10.5. The predicted molar refractivity (Wildman–Crippen MR) is 115 cm³/mol. The Hall–Kier alpha value is -2.68. The second kappa shape index (κ2) is 7.72. The number of piperidine rings is 1. The summed E-state index contributed by atoms with van der Waals surface area (Å²) in [5.41, 5.74) is -0.799. The minimum Gasteiger partial charge on any atom is -0.460 e. The summed E-state index contributed by atoms with van der Waals surface area (Å²) in [7, 11) is 0. The summed E-state index contributed by atoms with van der Waals surface area (Å²) in [4.78, 5) is 37.1. The van der Waals surface area contributed by atoms with Gasteiger partial charge in [-0.15, -0.1) is 0 Å². The van der Waals surface area contributed by atoms with Crippen LogP contribution < -0.4 is 15.5 Å². The van der Waals surface area contributed by atoms with E-state index in [4.69, 9.17) is 4.74 Å². The van der Waals surface area contributed by atoms with Gasteiger partial charge in [0.25, 0.3) is 0 Å². The van der Waals surface area contributed by atoms with Crippen molar-refractivity contribution >= 4 is 29.2 Å². The van der Waals surface area contributed by atoms with Crippen LogP contribution in [0.5, 0.6) is 0 Å². The van der Waals surface area contributed by atoms with E-state index in [1.165, 1.54) is 6.07 Å². The van der Waals surface area contributed by atoms with E-state index in [1.54, 1.807) is 32.9 Å². The number of rotatable bonds is 5. The Kier molecular flexibility index (Phi) is 5.43. The zero-order valence-corrected chi connectivity index (χ0v) is 18.7. The largest absolute Gasteiger partial charge is 0.460 e. The van der Waals surface area contributed by atoms with Gasteiger partial charge in [0.15, 0.2) is 0 Å². The fourth-order valence-corrected chi connectivity index (χ4v) is 5.16. The van der Waals surface area contributed by atoms with Gasteiger partial charge in [0.2, 0.25) is 11.8 Å². The number of ether oxygens (including phenoxy) is 1. The van der Waals surface area contributed by atoms with Gasteiger partial charge in [-0.1, -0.05) is 0 Å². The number of benzene rings is 1. The molecule has 1 spiro atoms. The van der Waals surface area contributed by atoms with Gasteiger partial charge in [0.05, 0.1) is 17.7 Å². The van der Waals surface area contributed by atoms with Crippen LogP contribution in [0.15, 0.2) is 18.2 Å². The van der Waals surface area contributed by atoms with E-state index in [2.05, 4.69) is 10.6 Å². The van der Waals surface area contributed by atoms with Crippen molar-refractivity contribution in [3.05, 3.63) is 24.0 Å². The van der Waals surface area contributed by atoms with E-state index in [0.717, 1.165) is 0 Å². The first-order chi connectivity index (χ1) is 14.9. The fraction of sp³-hybridized carbons (Fsp3) is 0.609. The van der Waals surface area contributed by atoms with E-state index in [-0.39, 0.29) is 24.2 Å². The van der Waals surface area contributed by atoms with Crippen LogP contribution in [0, 0.1) is 11.2 Å². The number of esters is 1. The lowest BCUT2D eigenvalue weighted by Gasteiger charge is -2.63. The molecule has 0 radical (unpaired) electrons. The highest BCUT2D eigenvalue weighted by atomic mass is 19.1. The molecule has 2 saturated heterocycles. The predicted octanol–water partition coefficient (Wildman–Crippen LogP) is 2.11. The molecular formula is C23H30FN3O5. The molecule has 3 fully saturated rings. The van der Waals surface area contributed by atoms with Gasteiger partial charge in [-0.3, -0.25) is 19.7 Å². The maximum atomic E-state index is 14.7. The van der Waals surface area contributed by atoms with Gasteiger partial charge in [-0.2, -0.15) is 0 Å². The Morgan fingerprint density at radius 3 is 2.59 bits per heavy atom. The van der Waals surface area contributed by atoms with E-state index < -0.39 is 34.9 Å². The molecule has 1 aliphatic carbocycles. The number of halogens is 1. The van der Waals surface area contributed by atoms with Crippen molar-refractivity contribution in [1.29, 1.82) is 0 Å². The summed E-state index contributed by atoms with van der Waals surface area (Å²) in [6, 6.07) is 4.17. The molecule has 2 amide bonds. The van der Waals surface area contributed by atoms with Crippen LogP contribution in [0.2, 0.25) is 0 Å². The number of nitrogens with one attached hydrogen (secondary N) is 2. The summed E-state index contributed by atoms with van der Waals surface area (Å²) in [6.45, 7) is 6.60. The molecule has 3 N–H and O–H groups in total. The number of nitrogens with zero attached hydrogens (tertiary/aromatic N) is 1. The fourth-order valence-electron chi connectivity index (χ4n) is 5.16. The van der Waals surface area contributed by atoms with Crippen LogP contribution in [0.25, 0.3) is 0 Å². The minimum atomic E-state index is -1.05. The number of carbonyl (C=O) groups excluding carboxylic acids is 3. The summed E-state index contributed by atoms with van der Waals surface area (Å²) in [5.74, 6) is -1.51. The zero-order chi connectivity index (χ0) is 23.3. The van der Waals surface area contributed by atoms with Crippen LogP contribution in [0.3, 0.4) is 0 Å². The van der Waals surface area contributed by atoms with Crippen LogP contribution >= 0.6 is 0 Å². The number of aliphatic hydroxyl groups is 1. The Morgan fingerprint density at radius 1 is 1.31 bits per heavy atom. The molecule has 8 nitrogen and oxygen atoms in total. The van der Waals surface area contributed by atoms with Crippen molar-refractivity contribution in [1.82, 2.24) is 5.32 Å². The highest BCUT2D eigenvalue weighted by Gasteiger charge is 2.60. The lowest BCUT2D eigenvalue weighted by Crippen LogP contribution is -2.68. The minimum absolute atomic E-state index is 0.0267. The van der Waals surface area contributed by atoms with Crippen LogP contribution in [0.4, 0.5) is 15.8 Å². The molecule has 3 aliphatic rings. The summed E-state index contributed by atoms with van der Waals surface area (Å²) in [6.07, 6.45) is 1.58. The summed E-state index contributed by atoms with van der Waals surface area (Å²) < 4.78 is 20.0. The lowest BCUT2D eigenvalue weighted by molar-refractivity contribution is -0.179. The molecule has 9 heteroatoms. The molecule has 32 heavy (non-hydrogen) atoms. The van der Waals surface area contributed by atoms with Crippen molar-refractivity contribution in [2.45, 2.75) is 70.1 Å². The monoisotopic (exact) mass is 447 g/mol. The lowest BCUT2D eigenvalue weighted by atomic mass is 9.54. The first-order valence-electron chi connectivity index (χ1n) is 10.9. The normalized spacial score (nSPS) is 23.8. The molecule has 0 bridgehead atoms. The third kappa shape index (κ3) is 4.72. The molecule has 4 rings (SSSR count). The molecule has 174 valence electrons. The number of hydrogen-bond acceptors (Lipinski definition) is 7. The van der Waals surface area contributed by atoms with E-state index in [0.29, 0.717) is 43.7 Å². The SMILES string of the molecule is CC(C)(C)OC(=O)CC1(O)CC2(CN(c3ccc(NC4CCC(=O)NC4=O)cc3F)C2)C1. The van der Waals surface area contributed by atoms with Crippen LogP contribution in [-0.2, 0) is 19.1 Å². The highest BCUT2D eigenvalue weighted by molar-refractivity contribution is 6.01. The standard InChI is InChI=1S/C23H30FN3O5/c1-21(2,3)32-19(29)9-23(31)10-22(11-23)12-27(13-22)17-6-4-14(8-15(17)24)25-16-5-7-18(28)26-20(16)30/h4,6,8,16,25,31H,5,7,9-13H2,1-3H3,(H,26,28,30). The van der Waals surface area contributed by atoms with E-state index in [9.17, 15) is 23.9 Å². The second-order valence-corrected chi connectivity index (χ2v) is 10.5. The van der Waals surface area contributed by atoms with E-state index in [1.807, 2.05) is 4.90 Å². The summed E-state index contributed by atoms with van der Waals surface area (Å²) in [5, 5.41) is 15.9. The third-order valence-electron chi connectivity index (χ3n) is 6.22. The average Bonchev–Trinajstić information content (AvgIpc) is 2.58. The number of carbonyl (C=O) groups is 3. The maximum absolute atomic E-state index is 14.7. The molecule has 1 unspecified atom stereocenters. The average molecular weight is 448 g/mol. The quantitative estimate of drug-likeness (QED) is 0.469. The van der Waals surface area contributed by atoms with Crippen molar-refractivity contribution in [2.75, 3.05) is 23.3 Å². The number of anilines is 2. The molecule has 1 saturated carbocycles. The Labute approximate surface area is 186 Å². The molecule has 2 aliphatic heterocycles. The third-order valence-corrected chi connectivity index (χ3v) is 6.22. The first-order valence-corrected chi connectivity index (χ1v) is 10.9. The van der Waals surface area contributed by atoms with Crippen molar-refractivity contribution in [3.63, 3.8) is 0 Å². The van der Waals surface area contributed by atoms with Crippen LogP contribution in [0.1, 0.15) is 52.9 Å². The highest BCUT2D eigenvalue weighted by Crippen LogP contribution is 2.56.